The summed E-state index contributed by atoms with van der Waals surface area (Å²) in [6.07, 6.45) is 1.83. The summed E-state index contributed by atoms with van der Waals surface area (Å²) in [6.45, 7) is 14.8. The van der Waals surface area contributed by atoms with Crippen molar-refractivity contribution in [3.8, 4) is 0 Å². The SMILES string of the molecule is CC[C@H](C)[C@@H]([C@@H](CC(=O)N1CCC[C@H]1[C@H](OC)[C@@H](C)C(=O)NCCc1ccc2ccccc2n1)OC)N(C)C(=O)[C@@H](NC(=O)[C@H](C(C)C)N(C)C)C(C)C. The number of hydrogen-bond acceptors (Lipinski definition) is 8. The van der Waals surface area contributed by atoms with Gasteiger partial charge in [-0.1, -0.05) is 79.2 Å². The predicted octanol–water partition coefficient (Wildman–Crippen LogP) is 4.54. The summed E-state index contributed by atoms with van der Waals surface area (Å²) in [4.78, 5) is 65.3. The lowest BCUT2D eigenvalue weighted by molar-refractivity contribution is -0.148. The topological polar surface area (TPSA) is 133 Å². The lowest BCUT2D eigenvalue weighted by Gasteiger charge is -2.41. The number of ether oxygens (including phenoxy) is 2. The number of para-hydroxylation sites is 1. The summed E-state index contributed by atoms with van der Waals surface area (Å²) in [5, 5.41) is 7.18. The summed E-state index contributed by atoms with van der Waals surface area (Å²) in [6, 6.07) is 10.1. The highest BCUT2D eigenvalue weighted by molar-refractivity contribution is 5.90. The van der Waals surface area contributed by atoms with Crippen LogP contribution in [0.15, 0.2) is 36.4 Å². The third kappa shape index (κ3) is 11.2. The van der Waals surface area contributed by atoms with Gasteiger partial charge in [0.25, 0.3) is 0 Å². The van der Waals surface area contributed by atoms with Gasteiger partial charge in [0.05, 0.1) is 48.2 Å². The van der Waals surface area contributed by atoms with E-state index in [1.54, 1.807) is 26.2 Å². The maximum absolute atomic E-state index is 14.2. The van der Waals surface area contributed by atoms with E-state index in [9.17, 15) is 19.2 Å². The van der Waals surface area contributed by atoms with Gasteiger partial charge in [0.1, 0.15) is 6.04 Å². The van der Waals surface area contributed by atoms with Crippen LogP contribution < -0.4 is 10.6 Å². The fraction of sp³-hybridized carbons (Fsp3) is 0.690. The highest BCUT2D eigenvalue weighted by Crippen LogP contribution is 2.29. The third-order valence-electron chi connectivity index (χ3n) is 11.3. The first kappa shape index (κ1) is 44.8. The Bertz CT molecular complexity index is 1530. The Balaban J connectivity index is 1.71. The predicted molar refractivity (Wildman–Crippen MR) is 214 cm³/mol. The van der Waals surface area contributed by atoms with Crippen molar-refractivity contribution < 1.29 is 28.7 Å². The molecule has 0 unspecified atom stereocenters. The number of methoxy groups -OCH3 is 2. The highest BCUT2D eigenvalue weighted by Gasteiger charge is 2.43. The summed E-state index contributed by atoms with van der Waals surface area (Å²) >= 11 is 0. The summed E-state index contributed by atoms with van der Waals surface area (Å²) < 4.78 is 12.0. The molecule has 302 valence electrons. The first-order valence-corrected chi connectivity index (χ1v) is 19.8. The number of likely N-dealkylation sites (tertiary alicyclic amines) is 1. The zero-order chi connectivity index (χ0) is 40.3. The quantitative estimate of drug-likeness (QED) is 0.202. The number of likely N-dealkylation sites (N-methyl/N-ethyl adjacent to an activating group) is 2. The minimum atomic E-state index is -0.745. The number of aromatic nitrogens is 1. The van der Waals surface area contributed by atoms with Crippen molar-refractivity contribution in [2.45, 2.75) is 117 Å². The molecule has 2 N–H and O–H groups in total. The van der Waals surface area contributed by atoms with Crippen LogP contribution in [-0.2, 0) is 35.1 Å². The van der Waals surface area contributed by atoms with E-state index in [4.69, 9.17) is 14.5 Å². The molecule has 2 heterocycles. The normalized spacial score (nSPS) is 18.6. The van der Waals surface area contributed by atoms with E-state index in [1.165, 1.54) is 0 Å². The molecule has 1 aliphatic heterocycles. The van der Waals surface area contributed by atoms with Crippen LogP contribution in [0.1, 0.15) is 79.8 Å². The third-order valence-corrected chi connectivity index (χ3v) is 11.3. The Morgan fingerprint density at radius 1 is 0.926 bits per heavy atom. The van der Waals surface area contributed by atoms with Crippen molar-refractivity contribution in [1.29, 1.82) is 0 Å². The van der Waals surface area contributed by atoms with E-state index in [0.717, 1.165) is 29.4 Å². The molecular formula is C42H68N6O6. The number of hydrogen-bond donors (Lipinski definition) is 2. The fourth-order valence-electron chi connectivity index (χ4n) is 8.13. The molecule has 12 heteroatoms. The lowest BCUT2D eigenvalue weighted by Crippen LogP contribution is -2.59. The summed E-state index contributed by atoms with van der Waals surface area (Å²) in [7, 11) is 8.65. The minimum absolute atomic E-state index is 0.0000239. The van der Waals surface area contributed by atoms with E-state index in [-0.39, 0.29) is 59.9 Å². The number of fused-ring (bicyclic) bond motifs is 1. The Kier molecular flexibility index (Phi) is 17.3. The van der Waals surface area contributed by atoms with Crippen molar-refractivity contribution in [2.75, 3.05) is 48.5 Å². The number of rotatable bonds is 20. The number of carbonyl (C=O) groups excluding carboxylic acids is 4. The van der Waals surface area contributed by atoms with Crippen molar-refractivity contribution in [2.24, 2.45) is 23.7 Å². The van der Waals surface area contributed by atoms with Gasteiger partial charge in [0.15, 0.2) is 0 Å². The number of benzene rings is 1. The Labute approximate surface area is 324 Å². The molecule has 1 aromatic carbocycles. The van der Waals surface area contributed by atoms with Crippen molar-refractivity contribution >= 4 is 34.5 Å². The molecule has 12 nitrogen and oxygen atoms in total. The number of carbonyl (C=O) groups is 4. The standard InChI is InChI=1S/C42H68N6O6/c1-13-28(6)38(47(10)42(52)36(26(2)3)45-41(51)37(27(4)5)46(8)9)34(53-11)25-35(49)48-24-16-19-33(48)39(54-12)29(7)40(50)43-23-22-31-21-20-30-17-14-15-18-32(30)44-31/h14-15,17-18,20-21,26-29,33-34,36-39H,13,16,19,22-25H2,1-12H3,(H,43,50)(H,45,51)/t28-,29+,33-,34+,36-,37-,38-,39+/m0/s1. The van der Waals surface area contributed by atoms with E-state index in [0.29, 0.717) is 25.9 Å². The Morgan fingerprint density at radius 2 is 1.61 bits per heavy atom. The minimum Gasteiger partial charge on any atom is -0.379 e. The van der Waals surface area contributed by atoms with Crippen LogP contribution >= 0.6 is 0 Å². The van der Waals surface area contributed by atoms with Crippen LogP contribution in [0.2, 0.25) is 0 Å². The molecule has 0 saturated carbocycles. The zero-order valence-electron chi connectivity index (χ0n) is 34.9. The van der Waals surface area contributed by atoms with Gasteiger partial charge < -0.3 is 29.9 Å². The maximum Gasteiger partial charge on any atom is 0.245 e. The van der Waals surface area contributed by atoms with Crippen molar-refractivity contribution in [1.82, 2.24) is 30.3 Å². The van der Waals surface area contributed by atoms with Crippen molar-refractivity contribution in [3.63, 3.8) is 0 Å². The summed E-state index contributed by atoms with van der Waals surface area (Å²) in [5.74, 6) is -1.24. The second-order valence-electron chi connectivity index (χ2n) is 16.0. The first-order valence-electron chi connectivity index (χ1n) is 19.8. The molecule has 3 rings (SSSR count). The van der Waals surface area contributed by atoms with Crippen molar-refractivity contribution in [3.05, 3.63) is 42.1 Å². The monoisotopic (exact) mass is 753 g/mol. The molecule has 0 spiro atoms. The Hall–Kier alpha value is -3.61. The second-order valence-corrected chi connectivity index (χ2v) is 16.0. The molecule has 1 aromatic heterocycles. The molecule has 4 amide bonds. The van der Waals surface area contributed by atoms with Gasteiger partial charge in [-0.05, 0) is 56.8 Å². The molecule has 1 aliphatic rings. The molecule has 0 aliphatic carbocycles. The average molecular weight is 753 g/mol. The van der Waals surface area contributed by atoms with Gasteiger partial charge in [0, 0.05) is 51.9 Å². The molecule has 2 aromatic rings. The van der Waals surface area contributed by atoms with Gasteiger partial charge in [-0.3, -0.25) is 29.1 Å². The van der Waals surface area contributed by atoms with Crippen LogP contribution in [0, 0.1) is 23.7 Å². The van der Waals surface area contributed by atoms with Gasteiger partial charge in [-0.2, -0.15) is 0 Å². The van der Waals surface area contributed by atoms with E-state index in [2.05, 4.69) is 24.5 Å². The van der Waals surface area contributed by atoms with Crippen LogP contribution in [0.25, 0.3) is 10.9 Å². The highest BCUT2D eigenvalue weighted by atomic mass is 16.5. The fourth-order valence-corrected chi connectivity index (χ4v) is 8.13. The van der Waals surface area contributed by atoms with Gasteiger partial charge in [0.2, 0.25) is 23.6 Å². The number of pyridine rings is 1. The number of nitrogens with zero attached hydrogens (tertiary/aromatic N) is 4. The van der Waals surface area contributed by atoms with Gasteiger partial charge in [-0.15, -0.1) is 0 Å². The average Bonchev–Trinajstić information content (AvgIpc) is 3.62. The first-order chi connectivity index (χ1) is 25.6. The molecule has 54 heavy (non-hydrogen) atoms. The lowest BCUT2D eigenvalue weighted by atomic mass is 9.89. The van der Waals surface area contributed by atoms with Gasteiger partial charge >= 0.3 is 0 Å². The molecule has 8 atom stereocenters. The van der Waals surface area contributed by atoms with Crippen LogP contribution in [0.5, 0.6) is 0 Å². The number of nitrogens with one attached hydrogen (secondary N) is 2. The Morgan fingerprint density at radius 3 is 2.20 bits per heavy atom. The molecule has 0 bridgehead atoms. The smallest absolute Gasteiger partial charge is 0.245 e. The van der Waals surface area contributed by atoms with Crippen LogP contribution in [0.3, 0.4) is 0 Å². The summed E-state index contributed by atoms with van der Waals surface area (Å²) in [5.41, 5.74) is 1.83. The zero-order valence-corrected chi connectivity index (χ0v) is 34.9. The number of amides is 4. The van der Waals surface area contributed by atoms with E-state index in [1.807, 2.05) is 94.9 Å². The van der Waals surface area contributed by atoms with E-state index < -0.39 is 30.2 Å². The van der Waals surface area contributed by atoms with E-state index >= 15 is 0 Å². The van der Waals surface area contributed by atoms with Crippen LogP contribution in [0.4, 0.5) is 0 Å². The largest absolute Gasteiger partial charge is 0.379 e. The van der Waals surface area contributed by atoms with Gasteiger partial charge in [-0.25, -0.2) is 0 Å². The maximum atomic E-state index is 14.2. The molecular weight excluding hydrogens is 684 g/mol. The molecule has 1 saturated heterocycles. The molecule has 0 radical (unpaired) electrons. The molecule has 1 fully saturated rings. The van der Waals surface area contributed by atoms with Crippen LogP contribution in [-0.4, -0.2) is 128 Å². The second kappa shape index (κ2) is 20.9.